The molecule has 0 bridgehead atoms. The Labute approximate surface area is 139 Å². The molecule has 2 rings (SSSR count). The molecule has 0 spiro atoms. The summed E-state index contributed by atoms with van der Waals surface area (Å²) >= 11 is 0. The van der Waals surface area contributed by atoms with Gasteiger partial charge in [-0.2, -0.15) is 9.97 Å². The largest absolute Gasteiger partial charge is 0.481 e. The highest BCUT2D eigenvalue weighted by molar-refractivity contribution is 5.88. The highest BCUT2D eigenvalue weighted by atomic mass is 16.5. The highest BCUT2D eigenvalue weighted by Gasteiger charge is 2.15. The average Bonchev–Trinajstić information content (AvgIpc) is 2.54. The van der Waals surface area contributed by atoms with Gasteiger partial charge < -0.3 is 25.1 Å². The summed E-state index contributed by atoms with van der Waals surface area (Å²) in [6.07, 6.45) is 1.35. The van der Waals surface area contributed by atoms with E-state index in [1.165, 1.54) is 32.5 Å². The number of rotatable bonds is 5. The molecule has 2 aromatic heterocycles. The fraction of sp³-hybridized carbons (Fsp3) is 0.333. The monoisotopic (exact) mass is 336 g/mol. The van der Waals surface area contributed by atoms with Crippen molar-refractivity contribution in [2.45, 2.75) is 19.9 Å². The van der Waals surface area contributed by atoms with Gasteiger partial charge in [0.05, 0.1) is 20.3 Å². The number of ether oxygens (including phenoxy) is 3. The van der Waals surface area contributed by atoms with Gasteiger partial charge in [0.2, 0.25) is 11.8 Å². The number of hydrogen-bond donors (Lipinski definition) is 2. The second-order valence-corrected chi connectivity index (χ2v) is 4.74. The Balaban J connectivity index is 0.000000648. The molecule has 0 aliphatic carbocycles. The zero-order valence-electron chi connectivity index (χ0n) is 13.9. The summed E-state index contributed by atoms with van der Waals surface area (Å²) < 4.78 is 15.3. The molecule has 9 heteroatoms. The zero-order valence-corrected chi connectivity index (χ0v) is 13.9. The van der Waals surface area contributed by atoms with Gasteiger partial charge in [-0.25, -0.2) is 9.78 Å². The minimum Gasteiger partial charge on any atom is -0.481 e. The van der Waals surface area contributed by atoms with Gasteiger partial charge >= 0.3 is 12.0 Å². The fourth-order valence-corrected chi connectivity index (χ4v) is 1.37. The van der Waals surface area contributed by atoms with Gasteiger partial charge in [-0.1, -0.05) is 13.8 Å². The molecule has 2 aromatic rings. The molecule has 9 nitrogen and oxygen atoms in total. The van der Waals surface area contributed by atoms with Crippen LogP contribution in [0.2, 0.25) is 0 Å². The van der Waals surface area contributed by atoms with Gasteiger partial charge in [0.25, 0.3) is 0 Å². The van der Waals surface area contributed by atoms with Gasteiger partial charge in [-0.3, -0.25) is 0 Å². The molecule has 24 heavy (non-hydrogen) atoms. The number of aromatic nitrogens is 3. The maximum atomic E-state index is 11.0. The second-order valence-electron chi connectivity index (χ2n) is 4.74. The molecule has 130 valence electrons. The fourth-order valence-electron chi connectivity index (χ4n) is 1.37. The Morgan fingerprint density at radius 2 is 1.75 bits per heavy atom. The molecule has 0 fully saturated rings. The summed E-state index contributed by atoms with van der Waals surface area (Å²) in [5, 5.41) is 9.01. The van der Waals surface area contributed by atoms with Crippen LogP contribution in [0.4, 0.5) is 0 Å². The van der Waals surface area contributed by atoms with E-state index in [4.69, 9.17) is 25.1 Å². The van der Waals surface area contributed by atoms with Crippen molar-refractivity contribution >= 4 is 5.97 Å². The molecule has 0 aliphatic rings. The predicted molar refractivity (Wildman–Crippen MR) is 85.7 cm³/mol. The third-order valence-electron chi connectivity index (χ3n) is 2.25. The number of carboxylic acid groups (broad SMARTS) is 1. The lowest BCUT2D eigenvalue weighted by atomic mass is 10.3. The molecule has 0 aromatic carbocycles. The minimum atomic E-state index is -1.21. The van der Waals surface area contributed by atoms with Crippen LogP contribution in [0.3, 0.4) is 0 Å². The van der Waals surface area contributed by atoms with Crippen LogP contribution in [0.15, 0.2) is 24.4 Å². The van der Waals surface area contributed by atoms with Crippen molar-refractivity contribution in [3.8, 4) is 23.5 Å². The molecule has 0 unspecified atom stereocenters. The van der Waals surface area contributed by atoms with Crippen LogP contribution in [0, 0.1) is 0 Å². The van der Waals surface area contributed by atoms with Gasteiger partial charge in [0.15, 0.2) is 11.4 Å². The van der Waals surface area contributed by atoms with Crippen LogP contribution in [-0.2, 0) is 0 Å². The molecule has 0 atom stereocenters. The van der Waals surface area contributed by atoms with Crippen LogP contribution in [0.5, 0.6) is 23.5 Å². The van der Waals surface area contributed by atoms with E-state index in [2.05, 4.69) is 15.0 Å². The summed E-state index contributed by atoms with van der Waals surface area (Å²) in [5.41, 5.74) is 4.87. The maximum Gasteiger partial charge on any atom is 0.358 e. The van der Waals surface area contributed by atoms with Crippen LogP contribution in [0.25, 0.3) is 0 Å². The van der Waals surface area contributed by atoms with Crippen molar-refractivity contribution in [2.75, 3.05) is 14.2 Å². The SMILES string of the molecule is CC(C)N.COc1cc(OC)nc(Oc2cccnc2C(=O)O)n1. The quantitative estimate of drug-likeness (QED) is 0.838. The van der Waals surface area contributed by atoms with Crippen molar-refractivity contribution < 1.29 is 24.1 Å². The number of nitrogens with two attached hydrogens (primary N) is 1. The minimum absolute atomic E-state index is 0.0234. The molecular weight excluding hydrogens is 316 g/mol. The second kappa shape index (κ2) is 9.26. The number of carbonyl (C=O) groups is 1. The van der Waals surface area contributed by atoms with Gasteiger partial charge in [0, 0.05) is 6.20 Å². The first-order valence-electron chi connectivity index (χ1n) is 6.96. The van der Waals surface area contributed by atoms with E-state index >= 15 is 0 Å². The Morgan fingerprint density at radius 3 is 2.21 bits per heavy atom. The number of nitrogens with zero attached hydrogens (tertiary/aromatic N) is 3. The first-order valence-corrected chi connectivity index (χ1v) is 6.96. The first-order chi connectivity index (χ1) is 11.4. The first kappa shape index (κ1) is 19.1. The molecular formula is C15H20N4O5. The van der Waals surface area contributed by atoms with E-state index in [1.54, 1.807) is 6.07 Å². The van der Waals surface area contributed by atoms with Crippen LogP contribution >= 0.6 is 0 Å². The third-order valence-corrected chi connectivity index (χ3v) is 2.25. The third kappa shape index (κ3) is 6.05. The lowest BCUT2D eigenvalue weighted by Crippen LogP contribution is -2.06. The number of pyridine rings is 1. The molecule has 0 aliphatic heterocycles. The van der Waals surface area contributed by atoms with Crippen molar-refractivity contribution in [3.05, 3.63) is 30.1 Å². The number of carboxylic acids is 1. The lowest BCUT2D eigenvalue weighted by Gasteiger charge is -2.08. The summed E-state index contributed by atoms with van der Waals surface area (Å²) in [5.74, 6) is -0.731. The topological polar surface area (TPSA) is 130 Å². The normalized spacial score (nSPS) is 9.75. The summed E-state index contributed by atoms with van der Waals surface area (Å²) in [6.45, 7) is 3.89. The van der Waals surface area contributed by atoms with E-state index in [0.717, 1.165) is 0 Å². The van der Waals surface area contributed by atoms with Gasteiger partial charge in [-0.15, -0.1) is 0 Å². The number of hydrogen-bond acceptors (Lipinski definition) is 8. The zero-order chi connectivity index (χ0) is 18.1. The summed E-state index contributed by atoms with van der Waals surface area (Å²) in [4.78, 5) is 22.6. The van der Waals surface area contributed by atoms with E-state index < -0.39 is 5.97 Å². The Morgan fingerprint density at radius 1 is 1.21 bits per heavy atom. The summed E-state index contributed by atoms with van der Waals surface area (Å²) in [6, 6.07) is 4.69. The number of methoxy groups -OCH3 is 2. The highest BCUT2D eigenvalue weighted by Crippen LogP contribution is 2.25. The van der Waals surface area contributed by atoms with Crippen LogP contribution in [0.1, 0.15) is 24.3 Å². The average molecular weight is 336 g/mol. The lowest BCUT2D eigenvalue weighted by molar-refractivity contribution is 0.0687. The smallest absolute Gasteiger partial charge is 0.358 e. The van der Waals surface area contributed by atoms with E-state index in [0.29, 0.717) is 6.04 Å². The predicted octanol–water partition coefficient (Wildman–Crippen LogP) is 1.73. The van der Waals surface area contributed by atoms with Crippen molar-refractivity contribution in [1.82, 2.24) is 15.0 Å². The Hall–Kier alpha value is -2.94. The number of aromatic carboxylic acids is 1. The molecule has 0 amide bonds. The molecule has 0 saturated heterocycles. The van der Waals surface area contributed by atoms with Crippen LogP contribution in [-0.4, -0.2) is 46.3 Å². The van der Waals surface area contributed by atoms with Crippen LogP contribution < -0.4 is 19.9 Å². The molecule has 0 saturated carbocycles. The van der Waals surface area contributed by atoms with E-state index in [1.807, 2.05) is 13.8 Å². The van der Waals surface area contributed by atoms with Gasteiger partial charge in [0.1, 0.15) is 0 Å². The van der Waals surface area contributed by atoms with Crippen molar-refractivity contribution in [1.29, 1.82) is 0 Å². The molecule has 0 radical (unpaired) electrons. The van der Waals surface area contributed by atoms with Crippen molar-refractivity contribution in [3.63, 3.8) is 0 Å². The summed E-state index contributed by atoms with van der Waals surface area (Å²) in [7, 11) is 2.86. The van der Waals surface area contributed by atoms with E-state index in [9.17, 15) is 4.79 Å². The standard InChI is InChI=1S/C12H11N3O5.C3H9N/c1-18-8-6-9(19-2)15-12(14-8)20-7-4-3-5-13-10(7)11(16)17;1-3(2)4/h3-6H,1-2H3,(H,16,17);3H,4H2,1-2H3. The molecule has 3 N–H and O–H groups in total. The molecule has 2 heterocycles. The van der Waals surface area contributed by atoms with Crippen molar-refractivity contribution in [2.24, 2.45) is 5.73 Å². The maximum absolute atomic E-state index is 11.0. The van der Waals surface area contributed by atoms with E-state index in [-0.39, 0.29) is 29.2 Å². The Bertz CT molecular complexity index is 654. The Kier molecular flexibility index (Phi) is 7.37. The van der Waals surface area contributed by atoms with Gasteiger partial charge in [-0.05, 0) is 18.2 Å².